The summed E-state index contributed by atoms with van der Waals surface area (Å²) in [6, 6.07) is 4.21. The number of aromatic amines is 1. The molecule has 2 aromatic heterocycles. The Morgan fingerprint density at radius 3 is 2.86 bits per heavy atom. The molecule has 0 amide bonds. The lowest BCUT2D eigenvalue weighted by Crippen LogP contribution is -1.94. The molecule has 4 rings (SSSR count). The monoisotopic (exact) mass is 282 g/mol. The molecule has 1 saturated carbocycles. The van der Waals surface area contributed by atoms with Crippen LogP contribution in [0.2, 0.25) is 0 Å². The molecule has 0 spiro atoms. The van der Waals surface area contributed by atoms with Crippen molar-refractivity contribution in [2.45, 2.75) is 45.4 Å². The van der Waals surface area contributed by atoms with Crippen LogP contribution in [-0.4, -0.2) is 20.1 Å². The van der Waals surface area contributed by atoms with Crippen molar-refractivity contribution >= 4 is 11.0 Å². The van der Waals surface area contributed by atoms with E-state index < -0.39 is 0 Å². The van der Waals surface area contributed by atoms with Crippen LogP contribution in [-0.2, 0) is 12.8 Å². The average molecular weight is 282 g/mol. The number of hydrogen-bond acceptors (Lipinski definition) is 4. The van der Waals surface area contributed by atoms with E-state index in [1.54, 1.807) is 0 Å². The molecule has 5 heteroatoms. The summed E-state index contributed by atoms with van der Waals surface area (Å²) in [6.07, 6.45) is 3.92. The molecule has 1 aliphatic rings. The Balaban J connectivity index is 1.52. The van der Waals surface area contributed by atoms with Gasteiger partial charge in [-0.15, -0.1) is 0 Å². The van der Waals surface area contributed by atoms with Gasteiger partial charge in [0.1, 0.15) is 5.82 Å². The molecule has 5 nitrogen and oxygen atoms in total. The third-order valence-electron chi connectivity index (χ3n) is 4.23. The van der Waals surface area contributed by atoms with Crippen molar-refractivity contribution in [3.05, 3.63) is 40.8 Å². The molecule has 0 aliphatic heterocycles. The van der Waals surface area contributed by atoms with E-state index in [0.29, 0.717) is 11.8 Å². The van der Waals surface area contributed by atoms with Crippen molar-refractivity contribution in [1.29, 1.82) is 0 Å². The Kier molecular flexibility index (Phi) is 2.80. The largest absolute Gasteiger partial charge is 0.342 e. The maximum absolute atomic E-state index is 5.30. The molecule has 21 heavy (non-hydrogen) atoms. The first-order valence-corrected chi connectivity index (χ1v) is 7.48. The third-order valence-corrected chi connectivity index (χ3v) is 4.23. The smallest absolute Gasteiger partial charge is 0.227 e. The predicted molar refractivity (Wildman–Crippen MR) is 79.2 cm³/mol. The Morgan fingerprint density at radius 2 is 2.05 bits per heavy atom. The van der Waals surface area contributed by atoms with E-state index in [1.165, 1.54) is 24.0 Å². The van der Waals surface area contributed by atoms with Gasteiger partial charge in [0.05, 0.1) is 11.0 Å². The quantitative estimate of drug-likeness (QED) is 0.797. The summed E-state index contributed by atoms with van der Waals surface area (Å²) in [4.78, 5) is 12.5. The second kappa shape index (κ2) is 4.69. The van der Waals surface area contributed by atoms with Crippen LogP contribution in [0.4, 0.5) is 0 Å². The van der Waals surface area contributed by atoms with Gasteiger partial charge in [0.2, 0.25) is 5.89 Å². The minimum Gasteiger partial charge on any atom is -0.342 e. The van der Waals surface area contributed by atoms with Crippen LogP contribution in [0, 0.1) is 13.8 Å². The molecule has 1 fully saturated rings. The van der Waals surface area contributed by atoms with E-state index in [-0.39, 0.29) is 0 Å². The minimum atomic E-state index is 0.541. The van der Waals surface area contributed by atoms with Gasteiger partial charge < -0.3 is 9.51 Å². The highest BCUT2D eigenvalue weighted by Gasteiger charge is 2.28. The SMILES string of the molecule is Cc1ccc2[nH]c(CCc3nc(C4CC4)no3)nc2c1C. The van der Waals surface area contributed by atoms with Crippen molar-refractivity contribution in [1.82, 2.24) is 20.1 Å². The maximum atomic E-state index is 5.30. The molecule has 3 aromatic rings. The van der Waals surface area contributed by atoms with Crippen LogP contribution in [0.5, 0.6) is 0 Å². The summed E-state index contributed by atoms with van der Waals surface area (Å²) in [5.74, 6) is 3.11. The van der Waals surface area contributed by atoms with Crippen LogP contribution in [0.25, 0.3) is 11.0 Å². The standard InChI is InChI=1S/C16H18N4O/c1-9-3-6-12-15(10(9)2)18-13(17-12)7-8-14-19-16(20-21-14)11-4-5-11/h3,6,11H,4-5,7-8H2,1-2H3,(H,17,18). The summed E-state index contributed by atoms with van der Waals surface area (Å²) in [5.41, 5.74) is 4.67. The highest BCUT2D eigenvalue weighted by atomic mass is 16.5. The zero-order valence-electron chi connectivity index (χ0n) is 12.3. The molecular formula is C16H18N4O. The highest BCUT2D eigenvalue weighted by molar-refractivity contribution is 5.79. The van der Waals surface area contributed by atoms with Gasteiger partial charge in [-0.3, -0.25) is 0 Å². The van der Waals surface area contributed by atoms with Crippen LogP contribution in [0.3, 0.4) is 0 Å². The average Bonchev–Trinajstić information content (AvgIpc) is 3.08. The van der Waals surface area contributed by atoms with Gasteiger partial charge in [-0.2, -0.15) is 4.98 Å². The second-order valence-corrected chi connectivity index (χ2v) is 5.91. The summed E-state index contributed by atoms with van der Waals surface area (Å²) in [6.45, 7) is 4.23. The number of nitrogens with one attached hydrogen (secondary N) is 1. The molecule has 0 radical (unpaired) electrons. The normalized spacial score (nSPS) is 15.0. The van der Waals surface area contributed by atoms with Gasteiger partial charge in [-0.05, 0) is 43.9 Å². The Morgan fingerprint density at radius 1 is 1.19 bits per heavy atom. The molecule has 0 atom stereocenters. The van der Waals surface area contributed by atoms with Gasteiger partial charge in [0, 0.05) is 18.8 Å². The summed E-state index contributed by atoms with van der Waals surface area (Å²) in [7, 11) is 0. The first-order valence-electron chi connectivity index (χ1n) is 7.48. The first-order chi connectivity index (χ1) is 10.2. The summed E-state index contributed by atoms with van der Waals surface area (Å²) in [5, 5.41) is 4.04. The van der Waals surface area contributed by atoms with Gasteiger partial charge >= 0.3 is 0 Å². The molecule has 0 bridgehead atoms. The fourth-order valence-electron chi connectivity index (χ4n) is 2.59. The van der Waals surface area contributed by atoms with Crippen molar-refractivity contribution in [3.8, 4) is 0 Å². The van der Waals surface area contributed by atoms with E-state index >= 15 is 0 Å². The van der Waals surface area contributed by atoms with E-state index in [9.17, 15) is 0 Å². The lowest BCUT2D eigenvalue weighted by Gasteiger charge is -1.98. The van der Waals surface area contributed by atoms with Crippen molar-refractivity contribution in [3.63, 3.8) is 0 Å². The van der Waals surface area contributed by atoms with E-state index in [1.807, 2.05) is 0 Å². The Hall–Kier alpha value is -2.17. The van der Waals surface area contributed by atoms with Gasteiger partial charge in [0.15, 0.2) is 5.82 Å². The fraction of sp³-hybridized carbons (Fsp3) is 0.438. The number of aromatic nitrogens is 4. The lowest BCUT2D eigenvalue weighted by molar-refractivity contribution is 0.372. The van der Waals surface area contributed by atoms with Gasteiger partial charge in [-0.1, -0.05) is 11.2 Å². The Labute approximate surface area is 122 Å². The number of nitrogens with zero attached hydrogens (tertiary/aromatic N) is 3. The minimum absolute atomic E-state index is 0.541. The number of benzene rings is 1. The van der Waals surface area contributed by atoms with Crippen molar-refractivity contribution in [2.75, 3.05) is 0 Å². The maximum Gasteiger partial charge on any atom is 0.227 e. The first kappa shape index (κ1) is 12.6. The van der Waals surface area contributed by atoms with Crippen LogP contribution < -0.4 is 0 Å². The van der Waals surface area contributed by atoms with E-state index in [0.717, 1.165) is 35.5 Å². The topological polar surface area (TPSA) is 67.6 Å². The number of H-pyrrole nitrogens is 1. The zero-order valence-corrected chi connectivity index (χ0v) is 12.3. The molecule has 108 valence electrons. The van der Waals surface area contributed by atoms with Crippen LogP contribution >= 0.6 is 0 Å². The van der Waals surface area contributed by atoms with E-state index in [4.69, 9.17) is 9.51 Å². The van der Waals surface area contributed by atoms with Crippen molar-refractivity contribution < 1.29 is 4.52 Å². The molecule has 1 aliphatic carbocycles. The Bertz CT molecular complexity index is 798. The second-order valence-electron chi connectivity index (χ2n) is 5.91. The van der Waals surface area contributed by atoms with Crippen molar-refractivity contribution in [2.24, 2.45) is 0 Å². The highest BCUT2D eigenvalue weighted by Crippen LogP contribution is 2.38. The molecule has 2 heterocycles. The molecule has 0 saturated heterocycles. The van der Waals surface area contributed by atoms with Crippen LogP contribution in [0.15, 0.2) is 16.7 Å². The van der Waals surface area contributed by atoms with E-state index in [2.05, 4.69) is 41.1 Å². The molecular weight excluding hydrogens is 264 g/mol. The predicted octanol–water partition coefficient (Wildman–Crippen LogP) is 3.23. The van der Waals surface area contributed by atoms with Gasteiger partial charge in [-0.25, -0.2) is 4.98 Å². The number of hydrogen-bond donors (Lipinski definition) is 1. The van der Waals surface area contributed by atoms with Gasteiger partial charge in [0.25, 0.3) is 0 Å². The third kappa shape index (κ3) is 2.33. The summed E-state index contributed by atoms with van der Waals surface area (Å²) >= 11 is 0. The molecule has 1 N–H and O–H groups in total. The number of rotatable bonds is 4. The molecule has 0 unspecified atom stereocenters. The fourth-order valence-corrected chi connectivity index (χ4v) is 2.59. The zero-order chi connectivity index (χ0) is 14.4. The number of imidazole rings is 1. The number of fused-ring (bicyclic) bond motifs is 1. The number of aryl methyl sites for hydroxylation is 4. The molecule has 1 aromatic carbocycles. The lowest BCUT2D eigenvalue weighted by atomic mass is 10.1. The van der Waals surface area contributed by atoms with Crippen LogP contribution in [0.1, 0.15) is 47.4 Å². The summed E-state index contributed by atoms with van der Waals surface area (Å²) < 4.78 is 5.30.